The quantitative estimate of drug-likeness (QED) is 0.315. The summed E-state index contributed by atoms with van der Waals surface area (Å²) < 4.78 is 15.3. The summed E-state index contributed by atoms with van der Waals surface area (Å²) in [4.78, 5) is 20.6. The molecule has 216 valence electrons. The molecule has 4 aromatic rings. The van der Waals surface area contributed by atoms with Crippen LogP contribution in [0.5, 0.6) is 0 Å². The van der Waals surface area contributed by atoms with Gasteiger partial charge in [-0.15, -0.1) is 10.2 Å². The maximum Gasteiger partial charge on any atom is 0.330 e. The molecule has 5 heterocycles. The van der Waals surface area contributed by atoms with Gasteiger partial charge in [0.15, 0.2) is 5.65 Å². The van der Waals surface area contributed by atoms with Gasteiger partial charge in [-0.3, -0.25) is 14.1 Å². The van der Waals surface area contributed by atoms with Gasteiger partial charge in [-0.05, 0) is 87.7 Å². The van der Waals surface area contributed by atoms with Crippen molar-refractivity contribution in [2.24, 2.45) is 12.5 Å². The highest BCUT2D eigenvalue weighted by molar-refractivity contribution is 6.02. The first-order valence-corrected chi connectivity index (χ1v) is 15.3. The lowest BCUT2D eigenvalue weighted by atomic mass is 9.63. The summed E-state index contributed by atoms with van der Waals surface area (Å²) in [5.74, 6) is 0. The van der Waals surface area contributed by atoms with Crippen LogP contribution in [0, 0.1) is 5.41 Å². The number of ether oxygens (including phenoxy) is 2. The monoisotopic (exact) mass is 556 g/mol. The van der Waals surface area contributed by atoms with E-state index in [4.69, 9.17) is 14.5 Å². The molecule has 1 saturated carbocycles. The van der Waals surface area contributed by atoms with E-state index < -0.39 is 0 Å². The Kier molecular flexibility index (Phi) is 7.13. The van der Waals surface area contributed by atoms with Gasteiger partial charge in [0.25, 0.3) is 0 Å². The van der Waals surface area contributed by atoms with Crippen LogP contribution in [-0.4, -0.2) is 68.7 Å². The van der Waals surface area contributed by atoms with Crippen LogP contribution in [0.4, 0.5) is 0 Å². The molecule has 41 heavy (non-hydrogen) atoms. The first-order chi connectivity index (χ1) is 20.0. The van der Waals surface area contributed by atoms with E-state index in [1.807, 2.05) is 22.9 Å². The molecule has 3 fully saturated rings. The molecule has 1 aliphatic carbocycles. The SMILES string of the molecule is C[C@@H](OCCN1CCC2(CCC2)CC1)c1ccc(-c2ccc3nnc4c(c3c2)n(C2CCOCC2)c(=O)n4C)cn1. The molecule has 0 radical (unpaired) electrons. The van der Waals surface area contributed by atoms with Crippen molar-refractivity contribution < 1.29 is 9.47 Å². The third-order valence-corrected chi connectivity index (χ3v) is 9.97. The average Bonchev–Trinajstić information content (AvgIpc) is 3.26. The molecule has 0 amide bonds. The van der Waals surface area contributed by atoms with Crippen molar-refractivity contribution in [3.63, 3.8) is 0 Å². The Balaban J connectivity index is 1.07. The molecule has 1 spiro atoms. The van der Waals surface area contributed by atoms with Crippen molar-refractivity contribution in [3.8, 4) is 11.1 Å². The fraction of sp³-hybridized carbons (Fsp3) is 0.562. The van der Waals surface area contributed by atoms with Crippen LogP contribution in [0.25, 0.3) is 33.2 Å². The van der Waals surface area contributed by atoms with Gasteiger partial charge >= 0.3 is 5.69 Å². The standard InChI is InChI=1S/C32H40N6O3/c1-22(41-19-16-37-14-12-32(13-15-37)10-3-11-32)27-6-5-24(21-33-27)23-4-7-28-26(20-23)29-30(35-34-28)36(2)31(39)38(29)25-8-17-40-18-9-25/h4-7,20-22,25H,3,8-19H2,1-2H3/t22-/m1/s1. The third kappa shape index (κ3) is 4.98. The Morgan fingerprint density at radius 1 is 1.05 bits per heavy atom. The molecular formula is C32H40N6O3. The van der Waals surface area contributed by atoms with E-state index in [0.29, 0.717) is 24.3 Å². The molecule has 3 aliphatic rings. The number of likely N-dealkylation sites (tertiary alicyclic amines) is 1. The van der Waals surface area contributed by atoms with Crippen LogP contribution < -0.4 is 5.69 Å². The predicted molar refractivity (Wildman–Crippen MR) is 159 cm³/mol. The number of nitrogens with zero attached hydrogens (tertiary/aromatic N) is 6. The van der Waals surface area contributed by atoms with Gasteiger partial charge in [0, 0.05) is 50.0 Å². The van der Waals surface area contributed by atoms with Crippen LogP contribution >= 0.6 is 0 Å². The second kappa shape index (κ2) is 10.9. The topological polar surface area (TPSA) is 87.3 Å². The smallest absolute Gasteiger partial charge is 0.330 e. The van der Waals surface area contributed by atoms with Gasteiger partial charge in [0.1, 0.15) is 5.52 Å². The first-order valence-electron chi connectivity index (χ1n) is 15.3. The van der Waals surface area contributed by atoms with Crippen molar-refractivity contribution in [1.82, 2.24) is 29.2 Å². The highest BCUT2D eigenvalue weighted by atomic mass is 16.5. The molecule has 2 aliphatic heterocycles. The minimum absolute atomic E-state index is 0.0540. The Labute approximate surface area is 240 Å². The molecule has 9 nitrogen and oxygen atoms in total. The van der Waals surface area contributed by atoms with Gasteiger partial charge in [0.05, 0.1) is 23.9 Å². The summed E-state index contributed by atoms with van der Waals surface area (Å²) in [5.41, 5.74) is 5.85. The van der Waals surface area contributed by atoms with E-state index in [-0.39, 0.29) is 17.8 Å². The van der Waals surface area contributed by atoms with Crippen molar-refractivity contribution >= 4 is 22.1 Å². The third-order valence-electron chi connectivity index (χ3n) is 9.97. The highest BCUT2D eigenvalue weighted by Crippen LogP contribution is 2.48. The van der Waals surface area contributed by atoms with Gasteiger partial charge in [-0.25, -0.2) is 4.79 Å². The molecule has 0 N–H and O–H groups in total. The summed E-state index contributed by atoms with van der Waals surface area (Å²) in [5, 5.41) is 9.78. The summed E-state index contributed by atoms with van der Waals surface area (Å²) in [6, 6.07) is 10.4. The molecule has 0 unspecified atom stereocenters. The number of piperidine rings is 1. The largest absolute Gasteiger partial charge is 0.381 e. The number of fused-ring (bicyclic) bond motifs is 3. The zero-order valence-electron chi connectivity index (χ0n) is 24.2. The van der Waals surface area contributed by atoms with Crippen molar-refractivity contribution in [2.45, 2.75) is 64.0 Å². The number of benzene rings is 1. The summed E-state index contributed by atoms with van der Waals surface area (Å²) in [6.07, 6.45) is 10.5. The van der Waals surface area contributed by atoms with E-state index in [9.17, 15) is 4.79 Å². The number of hydrogen-bond donors (Lipinski definition) is 0. The number of rotatable bonds is 7. The second-order valence-electron chi connectivity index (χ2n) is 12.3. The minimum atomic E-state index is -0.0588. The maximum atomic E-state index is 13.3. The van der Waals surface area contributed by atoms with E-state index >= 15 is 0 Å². The zero-order chi connectivity index (χ0) is 28.0. The maximum absolute atomic E-state index is 13.3. The Hall–Kier alpha value is -3.14. The zero-order valence-corrected chi connectivity index (χ0v) is 24.2. The molecule has 9 heteroatoms. The van der Waals surface area contributed by atoms with Gasteiger partial charge < -0.3 is 14.4 Å². The van der Waals surface area contributed by atoms with Crippen LogP contribution in [0.3, 0.4) is 0 Å². The first kappa shape index (κ1) is 26.7. The predicted octanol–water partition coefficient (Wildman–Crippen LogP) is 5.04. The van der Waals surface area contributed by atoms with Crippen molar-refractivity contribution in [3.05, 3.63) is 52.7 Å². The van der Waals surface area contributed by atoms with Crippen LogP contribution in [0.2, 0.25) is 0 Å². The number of imidazole rings is 1. The Morgan fingerprint density at radius 3 is 2.54 bits per heavy atom. The Bertz CT molecular complexity index is 1590. The lowest BCUT2D eigenvalue weighted by Gasteiger charge is -2.48. The van der Waals surface area contributed by atoms with Crippen LogP contribution in [0.15, 0.2) is 41.3 Å². The van der Waals surface area contributed by atoms with Gasteiger partial charge in [0.2, 0.25) is 0 Å². The summed E-state index contributed by atoms with van der Waals surface area (Å²) in [7, 11) is 1.77. The number of hydrogen-bond acceptors (Lipinski definition) is 7. The molecule has 0 bridgehead atoms. The second-order valence-corrected chi connectivity index (χ2v) is 12.3. The normalized spacial score (nSPS) is 20.5. The number of aryl methyl sites for hydroxylation is 1. The lowest BCUT2D eigenvalue weighted by Crippen LogP contribution is -2.44. The minimum Gasteiger partial charge on any atom is -0.381 e. The number of aromatic nitrogens is 5. The molecular weight excluding hydrogens is 516 g/mol. The molecule has 7 rings (SSSR count). The highest BCUT2D eigenvalue weighted by Gasteiger charge is 2.39. The van der Waals surface area contributed by atoms with E-state index in [2.05, 4.69) is 40.2 Å². The summed E-state index contributed by atoms with van der Waals surface area (Å²) in [6.45, 7) is 7.54. The van der Waals surface area contributed by atoms with Crippen molar-refractivity contribution in [1.29, 1.82) is 0 Å². The van der Waals surface area contributed by atoms with Crippen LogP contribution in [-0.2, 0) is 16.5 Å². The van der Waals surface area contributed by atoms with Crippen LogP contribution in [0.1, 0.15) is 69.7 Å². The van der Waals surface area contributed by atoms with Gasteiger partial charge in [-0.1, -0.05) is 18.6 Å². The lowest BCUT2D eigenvalue weighted by molar-refractivity contribution is 0.00501. The molecule has 1 aromatic carbocycles. The average molecular weight is 557 g/mol. The van der Waals surface area contributed by atoms with E-state index in [1.165, 1.54) is 45.2 Å². The van der Waals surface area contributed by atoms with Crippen molar-refractivity contribution in [2.75, 3.05) is 39.5 Å². The van der Waals surface area contributed by atoms with E-state index in [1.54, 1.807) is 11.6 Å². The fourth-order valence-corrected chi connectivity index (χ4v) is 7.04. The number of pyridine rings is 1. The molecule has 3 aromatic heterocycles. The van der Waals surface area contributed by atoms with E-state index in [0.717, 1.165) is 59.2 Å². The fourth-order valence-electron chi connectivity index (χ4n) is 7.04. The van der Waals surface area contributed by atoms with Gasteiger partial charge in [-0.2, -0.15) is 0 Å². The summed E-state index contributed by atoms with van der Waals surface area (Å²) >= 11 is 0. The Morgan fingerprint density at radius 2 is 1.83 bits per heavy atom. The molecule has 2 saturated heterocycles. The molecule has 1 atom stereocenters.